The topological polar surface area (TPSA) is 0 Å². The first-order chi connectivity index (χ1) is 4.85. The van der Waals surface area contributed by atoms with E-state index in [-0.39, 0.29) is 0 Å². The van der Waals surface area contributed by atoms with Crippen molar-refractivity contribution in [3.05, 3.63) is 36.5 Å². The Morgan fingerprint density at radius 3 is 2.70 bits per heavy atom. The molecule has 0 fully saturated rings. The zero-order chi connectivity index (χ0) is 7.82. The van der Waals surface area contributed by atoms with E-state index in [1.165, 1.54) is 5.57 Å². The smallest absolute Gasteiger partial charge is 0.0178 e. The summed E-state index contributed by atoms with van der Waals surface area (Å²) in [7, 11) is 0. The summed E-state index contributed by atoms with van der Waals surface area (Å²) in [5.41, 5.74) is 1.35. The standard InChI is InChI=1S/C9H14S/c1-4-6-7-9(5-2)8-10-3/h4-7H,1,8H2,2-3H3/b7-6-,9-5+. The normalized spacial score (nSPS) is 12.4. The van der Waals surface area contributed by atoms with Crippen LogP contribution in [-0.2, 0) is 0 Å². The molecule has 56 valence electrons. The molecule has 0 aromatic carbocycles. The minimum Gasteiger partial charge on any atom is -0.161 e. The summed E-state index contributed by atoms with van der Waals surface area (Å²) in [5, 5.41) is 0. The molecule has 0 rings (SSSR count). The molecule has 0 atom stereocenters. The second kappa shape index (κ2) is 6.69. The lowest BCUT2D eigenvalue weighted by Crippen LogP contribution is -1.79. The highest BCUT2D eigenvalue weighted by Crippen LogP contribution is 2.04. The number of hydrogen-bond donors (Lipinski definition) is 0. The van der Waals surface area contributed by atoms with E-state index in [1.54, 1.807) is 6.08 Å². The van der Waals surface area contributed by atoms with Gasteiger partial charge in [-0.25, -0.2) is 0 Å². The van der Waals surface area contributed by atoms with Gasteiger partial charge in [-0.3, -0.25) is 0 Å². The molecule has 1 heteroatoms. The lowest BCUT2D eigenvalue weighted by atomic mass is 10.2. The van der Waals surface area contributed by atoms with Crippen LogP contribution in [-0.4, -0.2) is 12.0 Å². The molecule has 0 aliphatic heterocycles. The van der Waals surface area contributed by atoms with E-state index < -0.39 is 0 Å². The van der Waals surface area contributed by atoms with Gasteiger partial charge in [0.15, 0.2) is 0 Å². The maximum absolute atomic E-state index is 3.61. The lowest BCUT2D eigenvalue weighted by Gasteiger charge is -1.94. The van der Waals surface area contributed by atoms with Crippen LogP contribution in [0.5, 0.6) is 0 Å². The highest BCUT2D eigenvalue weighted by atomic mass is 32.2. The van der Waals surface area contributed by atoms with Gasteiger partial charge in [-0.15, -0.1) is 0 Å². The summed E-state index contributed by atoms with van der Waals surface area (Å²) in [5.74, 6) is 1.08. The molecule has 0 unspecified atom stereocenters. The summed E-state index contributed by atoms with van der Waals surface area (Å²) >= 11 is 1.83. The average molecular weight is 154 g/mol. The molecule has 0 aliphatic rings. The van der Waals surface area contributed by atoms with Crippen molar-refractivity contribution < 1.29 is 0 Å². The van der Waals surface area contributed by atoms with Gasteiger partial charge in [0.2, 0.25) is 0 Å². The van der Waals surface area contributed by atoms with Crippen LogP contribution in [0.15, 0.2) is 36.5 Å². The van der Waals surface area contributed by atoms with E-state index in [9.17, 15) is 0 Å². The van der Waals surface area contributed by atoms with Gasteiger partial charge in [0, 0.05) is 5.75 Å². The molecule has 0 N–H and O–H groups in total. The van der Waals surface area contributed by atoms with E-state index in [0.29, 0.717) is 0 Å². The molecular weight excluding hydrogens is 140 g/mol. The first kappa shape index (κ1) is 9.57. The summed E-state index contributed by atoms with van der Waals surface area (Å²) in [6, 6.07) is 0. The molecule has 0 amide bonds. The molecule has 0 aromatic heterocycles. The Morgan fingerprint density at radius 2 is 2.30 bits per heavy atom. The van der Waals surface area contributed by atoms with Crippen LogP contribution in [0.1, 0.15) is 6.92 Å². The SMILES string of the molecule is C=C/C=C\C(=C/C)CSC. The van der Waals surface area contributed by atoms with Crippen LogP contribution < -0.4 is 0 Å². The molecule has 0 nitrogen and oxygen atoms in total. The zero-order valence-corrected chi connectivity index (χ0v) is 7.45. The van der Waals surface area contributed by atoms with Gasteiger partial charge in [-0.2, -0.15) is 11.8 Å². The molecule has 0 bridgehead atoms. The van der Waals surface area contributed by atoms with Crippen LogP contribution >= 0.6 is 11.8 Å². The first-order valence-electron chi connectivity index (χ1n) is 3.28. The Balaban J connectivity index is 3.84. The van der Waals surface area contributed by atoms with Crippen molar-refractivity contribution in [3.8, 4) is 0 Å². The van der Waals surface area contributed by atoms with E-state index in [4.69, 9.17) is 0 Å². The predicted molar refractivity (Wildman–Crippen MR) is 51.5 cm³/mol. The average Bonchev–Trinajstić information content (AvgIpc) is 1.98. The third kappa shape index (κ3) is 4.45. The Kier molecular flexibility index (Phi) is 6.40. The Morgan fingerprint density at radius 1 is 1.60 bits per heavy atom. The quantitative estimate of drug-likeness (QED) is 0.561. The van der Waals surface area contributed by atoms with Gasteiger partial charge in [-0.1, -0.05) is 30.9 Å². The van der Waals surface area contributed by atoms with Crippen molar-refractivity contribution in [2.24, 2.45) is 0 Å². The van der Waals surface area contributed by atoms with Crippen LogP contribution in [0.4, 0.5) is 0 Å². The second-order valence-electron chi connectivity index (χ2n) is 1.89. The van der Waals surface area contributed by atoms with E-state index in [2.05, 4.69) is 31.9 Å². The van der Waals surface area contributed by atoms with E-state index in [1.807, 2.05) is 17.8 Å². The predicted octanol–water partition coefficient (Wildman–Crippen LogP) is 3.04. The first-order valence-corrected chi connectivity index (χ1v) is 4.67. The van der Waals surface area contributed by atoms with E-state index >= 15 is 0 Å². The molecule has 0 heterocycles. The Labute approximate surface area is 67.7 Å². The second-order valence-corrected chi connectivity index (χ2v) is 2.76. The van der Waals surface area contributed by atoms with Crippen LogP contribution in [0.3, 0.4) is 0 Å². The molecular formula is C9H14S. The summed E-state index contributed by atoms with van der Waals surface area (Å²) in [4.78, 5) is 0. The number of thioether (sulfide) groups is 1. The van der Waals surface area contributed by atoms with Crippen molar-refractivity contribution >= 4 is 11.8 Å². The maximum Gasteiger partial charge on any atom is 0.0178 e. The summed E-state index contributed by atoms with van der Waals surface area (Å²) in [6.07, 6.45) is 10.1. The van der Waals surface area contributed by atoms with Crippen molar-refractivity contribution in [3.63, 3.8) is 0 Å². The molecule has 0 aromatic rings. The minimum atomic E-state index is 1.08. The Hall–Kier alpha value is -0.430. The van der Waals surface area contributed by atoms with Crippen molar-refractivity contribution in [2.45, 2.75) is 6.92 Å². The van der Waals surface area contributed by atoms with Crippen molar-refractivity contribution in [1.29, 1.82) is 0 Å². The fourth-order valence-corrected chi connectivity index (χ4v) is 1.18. The van der Waals surface area contributed by atoms with Crippen LogP contribution in [0.2, 0.25) is 0 Å². The number of allylic oxidation sites excluding steroid dienone is 4. The van der Waals surface area contributed by atoms with Gasteiger partial charge in [0.1, 0.15) is 0 Å². The van der Waals surface area contributed by atoms with E-state index in [0.717, 1.165) is 5.75 Å². The van der Waals surface area contributed by atoms with Gasteiger partial charge in [-0.05, 0) is 18.8 Å². The number of hydrogen-bond acceptors (Lipinski definition) is 1. The van der Waals surface area contributed by atoms with Crippen molar-refractivity contribution in [1.82, 2.24) is 0 Å². The monoisotopic (exact) mass is 154 g/mol. The van der Waals surface area contributed by atoms with Crippen LogP contribution in [0.25, 0.3) is 0 Å². The maximum atomic E-state index is 3.61. The molecule has 10 heavy (non-hydrogen) atoms. The third-order valence-corrected chi connectivity index (χ3v) is 1.75. The third-order valence-electron chi connectivity index (χ3n) is 1.13. The fraction of sp³-hybridized carbons (Fsp3) is 0.333. The zero-order valence-electron chi connectivity index (χ0n) is 6.63. The lowest BCUT2D eigenvalue weighted by molar-refractivity contribution is 1.50. The van der Waals surface area contributed by atoms with Gasteiger partial charge < -0.3 is 0 Å². The highest BCUT2D eigenvalue weighted by Gasteiger charge is 1.85. The molecule has 0 saturated heterocycles. The van der Waals surface area contributed by atoms with Gasteiger partial charge in [0.05, 0.1) is 0 Å². The van der Waals surface area contributed by atoms with Gasteiger partial charge in [0.25, 0.3) is 0 Å². The molecule has 0 spiro atoms. The highest BCUT2D eigenvalue weighted by molar-refractivity contribution is 7.98. The fourth-order valence-electron chi connectivity index (χ4n) is 0.586. The largest absolute Gasteiger partial charge is 0.161 e. The summed E-state index contributed by atoms with van der Waals surface area (Å²) in [6.45, 7) is 5.66. The Bertz CT molecular complexity index is 143. The molecule has 0 radical (unpaired) electrons. The number of rotatable bonds is 4. The molecule has 0 saturated carbocycles. The van der Waals surface area contributed by atoms with Gasteiger partial charge >= 0.3 is 0 Å². The van der Waals surface area contributed by atoms with Crippen molar-refractivity contribution in [2.75, 3.05) is 12.0 Å². The summed E-state index contributed by atoms with van der Waals surface area (Å²) < 4.78 is 0. The minimum absolute atomic E-state index is 1.08. The van der Waals surface area contributed by atoms with Crippen LogP contribution in [0, 0.1) is 0 Å². The molecule has 0 aliphatic carbocycles.